The highest BCUT2D eigenvalue weighted by Gasteiger charge is 2.28. The highest BCUT2D eigenvalue weighted by molar-refractivity contribution is 6.29. The summed E-state index contributed by atoms with van der Waals surface area (Å²) in [5.41, 5.74) is -0.0787. The molecule has 1 aliphatic carbocycles. The molecule has 1 aromatic heterocycles. The first kappa shape index (κ1) is 13.6. The molecule has 0 amide bonds. The first-order valence-corrected chi connectivity index (χ1v) is 6.80. The van der Waals surface area contributed by atoms with Gasteiger partial charge in [-0.1, -0.05) is 25.4 Å². The van der Waals surface area contributed by atoms with Crippen LogP contribution < -0.4 is 5.56 Å². The molecule has 100 valence electrons. The third-order valence-corrected chi connectivity index (χ3v) is 3.05. The summed E-state index contributed by atoms with van der Waals surface area (Å²) in [5.74, 6) is 1.73. The minimum absolute atomic E-state index is 0.0787. The van der Waals surface area contributed by atoms with Crippen molar-refractivity contribution in [3.63, 3.8) is 0 Å². The molecule has 0 aromatic carbocycles. The molecular weight excluding hydrogens is 252 g/mol. The SMILES string of the molecule is CC(C)COCCn1c(C2CC2)nc(Cl)cc1=O. The first-order valence-electron chi connectivity index (χ1n) is 6.43. The van der Waals surface area contributed by atoms with Gasteiger partial charge in [-0.15, -0.1) is 0 Å². The molecule has 0 atom stereocenters. The van der Waals surface area contributed by atoms with Crippen molar-refractivity contribution < 1.29 is 4.74 Å². The van der Waals surface area contributed by atoms with E-state index in [4.69, 9.17) is 16.3 Å². The van der Waals surface area contributed by atoms with E-state index in [1.807, 2.05) is 0 Å². The summed E-state index contributed by atoms with van der Waals surface area (Å²) in [6.45, 7) is 6.02. The topological polar surface area (TPSA) is 44.1 Å². The van der Waals surface area contributed by atoms with Crippen LogP contribution in [-0.2, 0) is 11.3 Å². The zero-order valence-corrected chi connectivity index (χ0v) is 11.6. The smallest absolute Gasteiger partial charge is 0.255 e. The zero-order valence-electron chi connectivity index (χ0n) is 10.9. The van der Waals surface area contributed by atoms with Crippen LogP contribution in [0.2, 0.25) is 5.15 Å². The average Bonchev–Trinajstić information content (AvgIpc) is 3.09. The molecule has 0 N–H and O–H groups in total. The van der Waals surface area contributed by atoms with Gasteiger partial charge in [0, 0.05) is 18.6 Å². The van der Waals surface area contributed by atoms with E-state index in [0.717, 1.165) is 18.7 Å². The number of ether oxygens (including phenoxy) is 1. The van der Waals surface area contributed by atoms with Gasteiger partial charge in [-0.2, -0.15) is 0 Å². The Morgan fingerprint density at radius 1 is 1.56 bits per heavy atom. The van der Waals surface area contributed by atoms with Gasteiger partial charge in [-0.3, -0.25) is 9.36 Å². The van der Waals surface area contributed by atoms with Gasteiger partial charge in [0.2, 0.25) is 0 Å². The quantitative estimate of drug-likeness (QED) is 0.589. The minimum atomic E-state index is -0.0787. The second-order valence-electron chi connectivity index (χ2n) is 5.17. The molecule has 4 nitrogen and oxygen atoms in total. The molecule has 18 heavy (non-hydrogen) atoms. The van der Waals surface area contributed by atoms with Crippen LogP contribution in [-0.4, -0.2) is 22.8 Å². The van der Waals surface area contributed by atoms with Crippen LogP contribution in [0.5, 0.6) is 0 Å². The van der Waals surface area contributed by atoms with E-state index >= 15 is 0 Å². The van der Waals surface area contributed by atoms with E-state index in [-0.39, 0.29) is 5.56 Å². The van der Waals surface area contributed by atoms with Gasteiger partial charge in [-0.05, 0) is 18.8 Å². The lowest BCUT2D eigenvalue weighted by Gasteiger charge is -2.12. The lowest BCUT2D eigenvalue weighted by atomic mass is 10.2. The minimum Gasteiger partial charge on any atom is -0.379 e. The van der Waals surface area contributed by atoms with Crippen molar-refractivity contribution >= 4 is 11.6 Å². The summed E-state index contributed by atoms with van der Waals surface area (Å²) < 4.78 is 7.22. The molecule has 0 radical (unpaired) electrons. The van der Waals surface area contributed by atoms with Gasteiger partial charge in [0.1, 0.15) is 11.0 Å². The summed E-state index contributed by atoms with van der Waals surface area (Å²) >= 11 is 5.84. The lowest BCUT2D eigenvalue weighted by molar-refractivity contribution is 0.102. The molecule has 1 fully saturated rings. The summed E-state index contributed by atoms with van der Waals surface area (Å²) in [6, 6.07) is 1.37. The fraction of sp³-hybridized carbons (Fsp3) is 0.692. The normalized spacial score (nSPS) is 15.3. The number of hydrogen-bond donors (Lipinski definition) is 0. The van der Waals surface area contributed by atoms with Crippen LogP contribution >= 0.6 is 11.6 Å². The number of aromatic nitrogens is 2. The summed E-state index contributed by atoms with van der Waals surface area (Å²) in [4.78, 5) is 16.2. The molecule has 0 saturated heterocycles. The van der Waals surface area contributed by atoms with E-state index in [9.17, 15) is 4.79 Å². The lowest BCUT2D eigenvalue weighted by Crippen LogP contribution is -2.26. The molecule has 1 saturated carbocycles. The molecule has 2 rings (SSSR count). The Kier molecular flexibility index (Phi) is 4.40. The third kappa shape index (κ3) is 3.56. The molecular formula is C13H19ClN2O2. The van der Waals surface area contributed by atoms with Gasteiger partial charge in [0.25, 0.3) is 5.56 Å². The molecule has 1 aromatic rings. The molecule has 1 heterocycles. The van der Waals surface area contributed by atoms with Crippen molar-refractivity contribution in [3.8, 4) is 0 Å². The van der Waals surface area contributed by atoms with Crippen molar-refractivity contribution in [3.05, 3.63) is 27.4 Å². The van der Waals surface area contributed by atoms with Crippen LogP contribution in [0.1, 0.15) is 38.4 Å². The van der Waals surface area contributed by atoms with Crippen LogP contribution in [0, 0.1) is 5.92 Å². The Morgan fingerprint density at radius 3 is 2.89 bits per heavy atom. The van der Waals surface area contributed by atoms with E-state index in [0.29, 0.717) is 36.7 Å². The van der Waals surface area contributed by atoms with Gasteiger partial charge < -0.3 is 4.74 Å². The number of nitrogens with zero attached hydrogens (tertiary/aromatic N) is 2. The fourth-order valence-electron chi connectivity index (χ4n) is 1.85. The molecule has 0 aliphatic heterocycles. The van der Waals surface area contributed by atoms with Crippen molar-refractivity contribution in [2.75, 3.05) is 13.2 Å². The van der Waals surface area contributed by atoms with Crippen molar-refractivity contribution in [1.29, 1.82) is 0 Å². The molecule has 0 spiro atoms. The second-order valence-corrected chi connectivity index (χ2v) is 5.56. The maximum Gasteiger partial charge on any atom is 0.255 e. The van der Waals surface area contributed by atoms with Crippen LogP contribution in [0.25, 0.3) is 0 Å². The van der Waals surface area contributed by atoms with E-state index in [1.54, 1.807) is 4.57 Å². The Morgan fingerprint density at radius 2 is 2.28 bits per heavy atom. The molecule has 0 unspecified atom stereocenters. The van der Waals surface area contributed by atoms with Crippen LogP contribution in [0.4, 0.5) is 0 Å². The molecule has 1 aliphatic rings. The Hall–Kier alpha value is -0.870. The van der Waals surface area contributed by atoms with Gasteiger partial charge >= 0.3 is 0 Å². The van der Waals surface area contributed by atoms with Gasteiger partial charge in [0.05, 0.1) is 13.2 Å². The van der Waals surface area contributed by atoms with Crippen LogP contribution in [0.15, 0.2) is 10.9 Å². The van der Waals surface area contributed by atoms with E-state index in [2.05, 4.69) is 18.8 Å². The van der Waals surface area contributed by atoms with Crippen molar-refractivity contribution in [2.45, 2.75) is 39.2 Å². The highest BCUT2D eigenvalue weighted by Crippen LogP contribution is 2.38. The Balaban J connectivity index is 2.04. The molecule has 0 bridgehead atoms. The highest BCUT2D eigenvalue weighted by atomic mass is 35.5. The van der Waals surface area contributed by atoms with Crippen molar-refractivity contribution in [2.24, 2.45) is 5.92 Å². The van der Waals surface area contributed by atoms with E-state index in [1.165, 1.54) is 6.07 Å². The zero-order chi connectivity index (χ0) is 13.1. The van der Waals surface area contributed by atoms with E-state index < -0.39 is 0 Å². The Labute approximate surface area is 112 Å². The van der Waals surface area contributed by atoms with Gasteiger partial charge in [0.15, 0.2) is 0 Å². The predicted molar refractivity (Wildman–Crippen MR) is 71.1 cm³/mol. The van der Waals surface area contributed by atoms with Crippen LogP contribution in [0.3, 0.4) is 0 Å². The maximum absolute atomic E-state index is 11.9. The summed E-state index contributed by atoms with van der Waals surface area (Å²) in [7, 11) is 0. The maximum atomic E-state index is 11.9. The Bertz CT molecular complexity index is 467. The molecule has 5 heteroatoms. The number of rotatable bonds is 6. The largest absolute Gasteiger partial charge is 0.379 e. The monoisotopic (exact) mass is 270 g/mol. The third-order valence-electron chi connectivity index (χ3n) is 2.86. The second kappa shape index (κ2) is 5.85. The predicted octanol–water partition coefficient (Wildman–Crippen LogP) is 2.45. The van der Waals surface area contributed by atoms with Gasteiger partial charge in [-0.25, -0.2) is 4.98 Å². The standard InChI is InChI=1S/C13H19ClN2O2/c1-9(2)8-18-6-5-16-12(17)7-11(14)15-13(16)10-3-4-10/h7,9-10H,3-6,8H2,1-2H3. The summed E-state index contributed by atoms with van der Waals surface area (Å²) in [6.07, 6.45) is 2.19. The number of hydrogen-bond acceptors (Lipinski definition) is 3. The van der Waals surface area contributed by atoms with Crippen molar-refractivity contribution in [1.82, 2.24) is 9.55 Å². The first-order chi connectivity index (χ1) is 8.58. The number of halogens is 1. The average molecular weight is 271 g/mol. The summed E-state index contributed by atoms with van der Waals surface area (Å²) in [5, 5.41) is 0.293. The fourth-order valence-corrected chi connectivity index (χ4v) is 2.03.